The normalized spacial score (nSPS) is 17.2. The lowest BCUT2D eigenvalue weighted by atomic mass is 9.96. The molecule has 1 fully saturated rings. The van der Waals surface area contributed by atoms with Crippen molar-refractivity contribution in [1.82, 2.24) is 4.98 Å². The molecule has 1 heterocycles. The van der Waals surface area contributed by atoms with Crippen LogP contribution in [0.5, 0.6) is 0 Å². The predicted octanol–water partition coefficient (Wildman–Crippen LogP) is 1.89. The minimum Gasteiger partial charge on any atom is -0.469 e. The fourth-order valence-corrected chi connectivity index (χ4v) is 1.76. The number of nitrogens with zero attached hydrogens (tertiary/aromatic N) is 1. The average Bonchev–Trinajstić information content (AvgIpc) is 3.02. The number of halogens is 1. The summed E-state index contributed by atoms with van der Waals surface area (Å²) >= 11 is 0. The lowest BCUT2D eigenvalue weighted by Gasteiger charge is -2.13. The van der Waals surface area contributed by atoms with Gasteiger partial charge in [0.2, 0.25) is 0 Å². The number of carbonyl (C=O) groups is 1. The molecule has 0 amide bonds. The highest BCUT2D eigenvalue weighted by molar-refractivity contribution is 5.78. The van der Waals surface area contributed by atoms with Gasteiger partial charge in [0.25, 0.3) is 0 Å². The maximum absolute atomic E-state index is 13.0. The SMILES string of the molecule is COC(=O)C(c1cncc(F)c1)C1CC1. The van der Waals surface area contributed by atoms with Crippen LogP contribution in [0, 0.1) is 11.7 Å². The molecule has 0 N–H and O–H groups in total. The second-order valence-electron chi connectivity index (χ2n) is 3.77. The van der Waals surface area contributed by atoms with Crippen molar-refractivity contribution >= 4 is 5.97 Å². The molecule has 3 nitrogen and oxygen atoms in total. The molecule has 2 rings (SSSR count). The van der Waals surface area contributed by atoms with Crippen LogP contribution in [0.25, 0.3) is 0 Å². The summed E-state index contributed by atoms with van der Waals surface area (Å²) in [6.07, 6.45) is 4.65. The van der Waals surface area contributed by atoms with Gasteiger partial charge in [0.1, 0.15) is 5.82 Å². The topological polar surface area (TPSA) is 39.2 Å². The summed E-state index contributed by atoms with van der Waals surface area (Å²) in [5, 5.41) is 0. The summed E-state index contributed by atoms with van der Waals surface area (Å²) in [4.78, 5) is 15.3. The Hall–Kier alpha value is -1.45. The lowest BCUT2D eigenvalue weighted by molar-refractivity contribution is -0.143. The number of hydrogen-bond acceptors (Lipinski definition) is 3. The number of pyridine rings is 1. The molecule has 1 aromatic rings. The summed E-state index contributed by atoms with van der Waals surface area (Å²) < 4.78 is 17.7. The molecular formula is C11H12FNO2. The molecule has 1 atom stereocenters. The molecule has 15 heavy (non-hydrogen) atoms. The Morgan fingerprint density at radius 3 is 2.87 bits per heavy atom. The lowest BCUT2D eigenvalue weighted by Crippen LogP contribution is -2.16. The van der Waals surface area contributed by atoms with Crippen LogP contribution in [-0.4, -0.2) is 18.1 Å². The van der Waals surface area contributed by atoms with E-state index in [1.807, 2.05) is 0 Å². The molecular weight excluding hydrogens is 197 g/mol. The zero-order chi connectivity index (χ0) is 10.8. The molecule has 1 aromatic heterocycles. The average molecular weight is 209 g/mol. The van der Waals surface area contributed by atoms with Gasteiger partial charge in [-0.05, 0) is 30.4 Å². The van der Waals surface area contributed by atoms with Crippen molar-refractivity contribution in [3.63, 3.8) is 0 Å². The molecule has 0 aromatic carbocycles. The maximum atomic E-state index is 13.0. The van der Waals surface area contributed by atoms with Gasteiger partial charge in [-0.15, -0.1) is 0 Å². The van der Waals surface area contributed by atoms with Crippen LogP contribution in [0.15, 0.2) is 18.5 Å². The van der Waals surface area contributed by atoms with Crippen molar-refractivity contribution in [2.24, 2.45) is 5.92 Å². The smallest absolute Gasteiger partial charge is 0.313 e. The molecule has 0 aliphatic heterocycles. The first-order chi connectivity index (χ1) is 7.22. The molecule has 4 heteroatoms. The molecule has 1 aliphatic rings. The maximum Gasteiger partial charge on any atom is 0.313 e. The third-order valence-electron chi connectivity index (χ3n) is 2.63. The van der Waals surface area contributed by atoms with Crippen LogP contribution in [-0.2, 0) is 9.53 Å². The van der Waals surface area contributed by atoms with Gasteiger partial charge in [0, 0.05) is 6.20 Å². The summed E-state index contributed by atoms with van der Waals surface area (Å²) in [6.45, 7) is 0. The fourth-order valence-electron chi connectivity index (χ4n) is 1.76. The van der Waals surface area contributed by atoms with Gasteiger partial charge in [-0.3, -0.25) is 9.78 Å². The summed E-state index contributed by atoms with van der Waals surface area (Å²) in [5.41, 5.74) is 0.615. The first kappa shape index (κ1) is 10.1. The Morgan fingerprint density at radius 2 is 2.33 bits per heavy atom. The number of esters is 1. The quantitative estimate of drug-likeness (QED) is 0.713. The van der Waals surface area contributed by atoms with Crippen molar-refractivity contribution in [1.29, 1.82) is 0 Å². The largest absolute Gasteiger partial charge is 0.469 e. The Morgan fingerprint density at radius 1 is 1.60 bits per heavy atom. The second kappa shape index (κ2) is 3.96. The minimum atomic E-state index is -0.415. The molecule has 0 spiro atoms. The Bertz CT molecular complexity index is 377. The van der Waals surface area contributed by atoms with Crippen molar-refractivity contribution in [2.75, 3.05) is 7.11 Å². The van der Waals surface area contributed by atoms with E-state index in [2.05, 4.69) is 4.98 Å². The van der Waals surface area contributed by atoms with Gasteiger partial charge >= 0.3 is 5.97 Å². The Labute approximate surface area is 87.3 Å². The zero-order valence-electron chi connectivity index (χ0n) is 8.44. The van der Waals surface area contributed by atoms with Crippen molar-refractivity contribution in [2.45, 2.75) is 18.8 Å². The van der Waals surface area contributed by atoms with Crippen molar-refractivity contribution < 1.29 is 13.9 Å². The third-order valence-corrected chi connectivity index (χ3v) is 2.63. The summed E-state index contributed by atoms with van der Waals surface area (Å²) in [7, 11) is 1.35. The van der Waals surface area contributed by atoms with E-state index >= 15 is 0 Å². The molecule has 0 saturated heterocycles. The molecule has 0 bridgehead atoms. The first-order valence-electron chi connectivity index (χ1n) is 4.90. The van der Waals surface area contributed by atoms with E-state index in [1.54, 1.807) is 0 Å². The van der Waals surface area contributed by atoms with E-state index in [1.165, 1.54) is 19.4 Å². The number of aromatic nitrogens is 1. The van der Waals surface area contributed by atoms with Gasteiger partial charge < -0.3 is 4.74 Å². The number of hydrogen-bond donors (Lipinski definition) is 0. The molecule has 80 valence electrons. The highest BCUT2D eigenvalue weighted by Crippen LogP contribution is 2.43. The minimum absolute atomic E-state index is 0.293. The molecule has 0 radical (unpaired) electrons. The van der Waals surface area contributed by atoms with Crippen LogP contribution in [0.1, 0.15) is 24.3 Å². The standard InChI is InChI=1S/C11H12FNO2/c1-15-11(14)10(7-2-3-7)8-4-9(12)6-13-5-8/h4-7,10H,2-3H2,1H3. The predicted molar refractivity (Wildman–Crippen MR) is 51.7 cm³/mol. The van der Waals surface area contributed by atoms with Crippen LogP contribution in [0.4, 0.5) is 4.39 Å². The van der Waals surface area contributed by atoms with Crippen LogP contribution in [0.3, 0.4) is 0 Å². The number of rotatable bonds is 3. The van der Waals surface area contributed by atoms with E-state index in [0.29, 0.717) is 11.5 Å². The van der Waals surface area contributed by atoms with Gasteiger partial charge in [-0.2, -0.15) is 0 Å². The fraction of sp³-hybridized carbons (Fsp3) is 0.455. The van der Waals surface area contributed by atoms with E-state index in [-0.39, 0.29) is 11.9 Å². The number of ether oxygens (including phenoxy) is 1. The zero-order valence-corrected chi connectivity index (χ0v) is 8.44. The monoisotopic (exact) mass is 209 g/mol. The summed E-state index contributed by atoms with van der Waals surface area (Å²) in [5.74, 6) is -0.772. The molecule has 1 saturated carbocycles. The van der Waals surface area contributed by atoms with Gasteiger partial charge in [0.05, 0.1) is 19.2 Å². The summed E-state index contributed by atoms with van der Waals surface area (Å²) in [6, 6.07) is 1.35. The van der Waals surface area contributed by atoms with Crippen molar-refractivity contribution in [3.8, 4) is 0 Å². The Balaban J connectivity index is 2.27. The molecule has 1 aliphatic carbocycles. The van der Waals surface area contributed by atoms with E-state index in [0.717, 1.165) is 19.0 Å². The van der Waals surface area contributed by atoms with Crippen LogP contribution < -0.4 is 0 Å². The van der Waals surface area contributed by atoms with E-state index < -0.39 is 5.82 Å². The first-order valence-corrected chi connectivity index (χ1v) is 4.90. The van der Waals surface area contributed by atoms with Gasteiger partial charge in [0.15, 0.2) is 0 Å². The van der Waals surface area contributed by atoms with Crippen LogP contribution >= 0.6 is 0 Å². The van der Waals surface area contributed by atoms with Gasteiger partial charge in [-0.25, -0.2) is 4.39 Å². The van der Waals surface area contributed by atoms with Gasteiger partial charge in [-0.1, -0.05) is 0 Å². The highest BCUT2D eigenvalue weighted by atomic mass is 19.1. The van der Waals surface area contributed by atoms with Crippen molar-refractivity contribution in [3.05, 3.63) is 29.8 Å². The molecule has 1 unspecified atom stereocenters. The number of carbonyl (C=O) groups excluding carboxylic acids is 1. The van der Waals surface area contributed by atoms with E-state index in [4.69, 9.17) is 4.74 Å². The van der Waals surface area contributed by atoms with E-state index in [9.17, 15) is 9.18 Å². The number of methoxy groups -OCH3 is 1. The van der Waals surface area contributed by atoms with Crippen LogP contribution in [0.2, 0.25) is 0 Å². The third kappa shape index (κ3) is 2.14. The highest BCUT2D eigenvalue weighted by Gasteiger charge is 2.38. The second-order valence-corrected chi connectivity index (χ2v) is 3.77. The Kier molecular flexibility index (Phi) is 2.66.